The van der Waals surface area contributed by atoms with Gasteiger partial charge in [0.15, 0.2) is 6.61 Å². The maximum atomic E-state index is 11.9. The van der Waals surface area contributed by atoms with Crippen molar-refractivity contribution in [3.63, 3.8) is 0 Å². The molecular formula is C16H23N5O2. The van der Waals surface area contributed by atoms with Crippen LogP contribution in [0.2, 0.25) is 0 Å². The Morgan fingerprint density at radius 3 is 2.70 bits per heavy atom. The molecule has 0 unspecified atom stereocenters. The van der Waals surface area contributed by atoms with Gasteiger partial charge in [0, 0.05) is 6.54 Å². The van der Waals surface area contributed by atoms with Crippen molar-refractivity contribution >= 4 is 11.9 Å². The molecule has 1 heterocycles. The molecule has 0 aliphatic heterocycles. The number of nitrogens with one attached hydrogen (secondary N) is 1. The normalized spacial score (nSPS) is 12.0. The summed E-state index contributed by atoms with van der Waals surface area (Å²) in [6, 6.07) is 7.83. The van der Waals surface area contributed by atoms with Crippen LogP contribution in [0.5, 0.6) is 5.75 Å². The lowest BCUT2D eigenvalue weighted by molar-refractivity contribution is -0.118. The first-order valence-corrected chi connectivity index (χ1v) is 7.92. The average Bonchev–Trinajstić information content (AvgIpc) is 3.00. The molecule has 7 nitrogen and oxygen atoms in total. The third-order valence-corrected chi connectivity index (χ3v) is 3.65. The zero-order valence-electron chi connectivity index (χ0n) is 13.8. The summed E-state index contributed by atoms with van der Waals surface area (Å²) in [5, 5.41) is 13.8. The summed E-state index contributed by atoms with van der Waals surface area (Å²) in [5.41, 5.74) is 1.27. The summed E-state index contributed by atoms with van der Waals surface area (Å²) in [7, 11) is 0. The van der Waals surface area contributed by atoms with Crippen molar-refractivity contribution in [2.75, 3.05) is 11.9 Å². The van der Waals surface area contributed by atoms with E-state index in [4.69, 9.17) is 4.74 Å². The van der Waals surface area contributed by atoms with E-state index < -0.39 is 0 Å². The molecule has 1 atom stereocenters. The number of benzene rings is 1. The fourth-order valence-electron chi connectivity index (χ4n) is 2.09. The second kappa shape index (κ2) is 8.26. The van der Waals surface area contributed by atoms with Crippen LogP contribution in [0.3, 0.4) is 0 Å². The number of carbonyl (C=O) groups excluding carboxylic acids is 1. The summed E-state index contributed by atoms with van der Waals surface area (Å²) in [4.78, 5) is 11.9. The van der Waals surface area contributed by atoms with Crippen molar-refractivity contribution < 1.29 is 9.53 Å². The van der Waals surface area contributed by atoms with Gasteiger partial charge in [-0.1, -0.05) is 38.0 Å². The highest BCUT2D eigenvalue weighted by Gasteiger charge is 2.10. The number of aryl methyl sites for hydroxylation is 1. The van der Waals surface area contributed by atoms with Gasteiger partial charge in [-0.25, -0.2) is 4.68 Å². The van der Waals surface area contributed by atoms with Crippen LogP contribution in [0.1, 0.15) is 45.1 Å². The third-order valence-electron chi connectivity index (χ3n) is 3.65. The molecule has 0 fully saturated rings. The summed E-state index contributed by atoms with van der Waals surface area (Å²) in [5.74, 6) is 1.24. The van der Waals surface area contributed by atoms with E-state index >= 15 is 0 Å². The molecule has 1 aromatic heterocycles. The molecule has 0 aliphatic rings. The van der Waals surface area contributed by atoms with Crippen molar-refractivity contribution in [1.29, 1.82) is 0 Å². The van der Waals surface area contributed by atoms with Crippen LogP contribution in [0, 0.1) is 0 Å². The monoisotopic (exact) mass is 317 g/mol. The molecule has 7 heteroatoms. The molecule has 124 valence electrons. The lowest BCUT2D eigenvalue weighted by atomic mass is 9.99. The van der Waals surface area contributed by atoms with E-state index in [9.17, 15) is 4.79 Å². The molecule has 0 saturated carbocycles. The van der Waals surface area contributed by atoms with Gasteiger partial charge in [-0.2, -0.15) is 0 Å². The molecule has 0 spiro atoms. The van der Waals surface area contributed by atoms with Gasteiger partial charge >= 0.3 is 0 Å². The molecule has 23 heavy (non-hydrogen) atoms. The van der Waals surface area contributed by atoms with Crippen molar-refractivity contribution in [1.82, 2.24) is 20.2 Å². The zero-order valence-corrected chi connectivity index (χ0v) is 13.8. The topological polar surface area (TPSA) is 81.9 Å². The number of nitrogens with zero attached hydrogens (tertiary/aromatic N) is 4. The second-order valence-electron chi connectivity index (χ2n) is 5.44. The number of ether oxygens (including phenoxy) is 1. The van der Waals surface area contributed by atoms with Gasteiger partial charge < -0.3 is 4.74 Å². The lowest BCUT2D eigenvalue weighted by Gasteiger charge is -2.10. The van der Waals surface area contributed by atoms with Crippen LogP contribution >= 0.6 is 0 Å². The van der Waals surface area contributed by atoms with Crippen LogP contribution in [0.4, 0.5) is 5.95 Å². The van der Waals surface area contributed by atoms with E-state index in [1.165, 1.54) is 5.56 Å². The summed E-state index contributed by atoms with van der Waals surface area (Å²) >= 11 is 0. The Kier molecular flexibility index (Phi) is 6.08. The molecule has 0 radical (unpaired) electrons. The second-order valence-corrected chi connectivity index (χ2v) is 5.44. The van der Waals surface area contributed by atoms with Crippen LogP contribution < -0.4 is 10.1 Å². The zero-order chi connectivity index (χ0) is 16.7. The number of carbonyl (C=O) groups is 1. The highest BCUT2D eigenvalue weighted by atomic mass is 16.5. The van der Waals surface area contributed by atoms with Crippen LogP contribution in [0.15, 0.2) is 24.3 Å². The SMILES string of the molecule is CCCn1nnnc1NC(=O)COc1ccc([C@H](C)CC)cc1. The van der Waals surface area contributed by atoms with Gasteiger partial charge in [-0.05, 0) is 46.9 Å². The fourth-order valence-corrected chi connectivity index (χ4v) is 2.09. The van der Waals surface area contributed by atoms with E-state index in [1.54, 1.807) is 4.68 Å². The van der Waals surface area contributed by atoms with Crippen molar-refractivity contribution in [3.8, 4) is 5.75 Å². The Labute approximate surface area is 136 Å². The Hall–Kier alpha value is -2.44. The Morgan fingerprint density at radius 2 is 2.04 bits per heavy atom. The van der Waals surface area contributed by atoms with Gasteiger partial charge in [0.25, 0.3) is 5.91 Å². The molecule has 1 aromatic carbocycles. The quantitative estimate of drug-likeness (QED) is 0.809. The molecule has 2 aromatic rings. The molecule has 1 N–H and O–H groups in total. The van der Waals surface area contributed by atoms with E-state index in [1.807, 2.05) is 31.2 Å². The Balaban J connectivity index is 1.85. The number of hydrogen-bond donors (Lipinski definition) is 1. The first kappa shape index (κ1) is 16.9. The largest absolute Gasteiger partial charge is 0.484 e. The smallest absolute Gasteiger partial charge is 0.264 e. The standard InChI is InChI=1S/C16H23N5O2/c1-4-10-21-16(18-19-20-21)17-15(22)11-23-14-8-6-13(7-9-14)12(3)5-2/h6-9,12H,4-5,10-11H2,1-3H3,(H,17,18,20,22)/t12-/m1/s1. The van der Waals surface area contributed by atoms with Gasteiger partial charge in [-0.3, -0.25) is 10.1 Å². The summed E-state index contributed by atoms with van der Waals surface area (Å²) in [6.45, 7) is 6.93. The molecular weight excluding hydrogens is 294 g/mol. The first-order chi connectivity index (χ1) is 11.1. The minimum Gasteiger partial charge on any atom is -0.484 e. The van der Waals surface area contributed by atoms with E-state index in [-0.39, 0.29) is 12.5 Å². The van der Waals surface area contributed by atoms with Gasteiger partial charge in [0.05, 0.1) is 0 Å². The van der Waals surface area contributed by atoms with Crippen LogP contribution in [-0.2, 0) is 11.3 Å². The maximum Gasteiger partial charge on any atom is 0.264 e. The lowest BCUT2D eigenvalue weighted by Crippen LogP contribution is -2.22. The summed E-state index contributed by atoms with van der Waals surface area (Å²) < 4.78 is 7.05. The minimum absolute atomic E-state index is 0.0817. The molecule has 1 amide bonds. The first-order valence-electron chi connectivity index (χ1n) is 7.92. The van der Waals surface area contributed by atoms with Crippen LogP contribution in [0.25, 0.3) is 0 Å². The molecule has 2 rings (SSSR count). The predicted octanol–water partition coefficient (Wildman–Crippen LogP) is 2.61. The maximum absolute atomic E-state index is 11.9. The van der Waals surface area contributed by atoms with E-state index in [0.29, 0.717) is 24.2 Å². The van der Waals surface area contributed by atoms with Gasteiger partial charge in [0.2, 0.25) is 5.95 Å². The van der Waals surface area contributed by atoms with E-state index in [0.717, 1.165) is 12.8 Å². The Bertz CT molecular complexity index is 624. The van der Waals surface area contributed by atoms with E-state index in [2.05, 4.69) is 34.7 Å². The minimum atomic E-state index is -0.289. The van der Waals surface area contributed by atoms with Crippen molar-refractivity contribution in [3.05, 3.63) is 29.8 Å². The highest BCUT2D eigenvalue weighted by Crippen LogP contribution is 2.21. The molecule has 0 bridgehead atoms. The number of hydrogen-bond acceptors (Lipinski definition) is 5. The fraction of sp³-hybridized carbons (Fsp3) is 0.500. The molecule has 0 saturated heterocycles. The number of tetrazole rings is 1. The number of aromatic nitrogens is 4. The summed E-state index contributed by atoms with van der Waals surface area (Å²) in [6.07, 6.45) is 1.97. The average molecular weight is 317 g/mol. The van der Waals surface area contributed by atoms with Crippen molar-refractivity contribution in [2.45, 2.75) is 46.1 Å². The number of rotatable bonds is 8. The molecule has 0 aliphatic carbocycles. The van der Waals surface area contributed by atoms with Gasteiger partial charge in [0.1, 0.15) is 5.75 Å². The Morgan fingerprint density at radius 1 is 1.30 bits per heavy atom. The number of amides is 1. The third kappa shape index (κ3) is 4.77. The van der Waals surface area contributed by atoms with Gasteiger partial charge in [-0.15, -0.1) is 0 Å². The number of anilines is 1. The highest BCUT2D eigenvalue weighted by molar-refractivity contribution is 5.90. The van der Waals surface area contributed by atoms with Crippen LogP contribution in [-0.4, -0.2) is 32.7 Å². The predicted molar refractivity (Wildman–Crippen MR) is 87.4 cm³/mol. The van der Waals surface area contributed by atoms with Crippen molar-refractivity contribution in [2.24, 2.45) is 0 Å².